The number of nitrogens with one attached hydrogen (secondary N) is 1. The maximum absolute atomic E-state index is 13.4. The normalized spacial score (nSPS) is 10.5. The molecule has 0 saturated carbocycles. The Hall–Kier alpha value is -2.02. The minimum atomic E-state index is -1.22. The van der Waals surface area contributed by atoms with Crippen LogP contribution in [-0.4, -0.2) is 23.6 Å². The van der Waals surface area contributed by atoms with E-state index in [1.807, 2.05) is 0 Å². The van der Waals surface area contributed by atoms with Crippen LogP contribution < -0.4 is 10.1 Å². The van der Waals surface area contributed by atoms with E-state index >= 15 is 0 Å². The third kappa shape index (κ3) is 3.75. The lowest BCUT2D eigenvalue weighted by Crippen LogP contribution is -2.07. The van der Waals surface area contributed by atoms with Crippen molar-refractivity contribution in [2.45, 2.75) is 6.42 Å². The lowest BCUT2D eigenvalue weighted by Gasteiger charge is -2.10. The first kappa shape index (κ1) is 15.4. The predicted octanol–water partition coefficient (Wildman–Crippen LogP) is 3.21. The number of rotatable bonds is 5. The maximum atomic E-state index is 13.4. The lowest BCUT2D eigenvalue weighted by molar-refractivity contribution is 0.318. The Labute approximate surface area is 123 Å². The maximum Gasteiger partial charge on any atom is 0.224 e. The average molecular weight is 318 g/mol. The second-order valence-corrected chi connectivity index (χ2v) is 4.40. The summed E-state index contributed by atoms with van der Waals surface area (Å²) in [4.78, 5) is 7.66. The second kappa shape index (κ2) is 6.62. The molecule has 2 aromatic rings. The van der Waals surface area contributed by atoms with Crippen LogP contribution in [0.25, 0.3) is 0 Å². The fraction of sp³-hybridized carbons (Fsp3) is 0.231. The molecule has 8 heteroatoms. The molecule has 0 spiro atoms. The Bertz CT molecular complexity index is 655. The molecule has 0 bridgehead atoms. The summed E-state index contributed by atoms with van der Waals surface area (Å²) in [5, 5.41) is 2.82. The van der Waals surface area contributed by atoms with Crippen molar-refractivity contribution in [3.63, 3.8) is 0 Å². The minimum absolute atomic E-state index is 0.0230. The van der Waals surface area contributed by atoms with Gasteiger partial charge in [0.1, 0.15) is 5.82 Å². The van der Waals surface area contributed by atoms with Gasteiger partial charge in [-0.15, -0.1) is 0 Å². The molecule has 4 nitrogen and oxygen atoms in total. The number of hydrogen-bond donors (Lipinski definition) is 1. The minimum Gasteiger partial charge on any atom is -0.488 e. The lowest BCUT2D eigenvalue weighted by atomic mass is 10.1. The number of hydrogen-bond acceptors (Lipinski definition) is 4. The van der Waals surface area contributed by atoms with Gasteiger partial charge in [-0.2, -0.15) is 4.98 Å². The van der Waals surface area contributed by atoms with E-state index in [1.165, 1.54) is 6.20 Å². The summed E-state index contributed by atoms with van der Waals surface area (Å²) in [6.45, 7) is 0.0433. The van der Waals surface area contributed by atoms with Crippen molar-refractivity contribution in [2.75, 3.05) is 19.0 Å². The standard InChI is InChI=1S/C13H11ClF3N3O/c1-18-12-11(6-19-13(14)20-12)21-3-2-7-4-9(16)10(17)5-8(7)15/h4-6H,2-3H2,1H3,(H,18,19,20). The van der Waals surface area contributed by atoms with Gasteiger partial charge in [-0.25, -0.2) is 18.2 Å². The van der Waals surface area contributed by atoms with Crippen molar-refractivity contribution in [1.82, 2.24) is 9.97 Å². The summed E-state index contributed by atoms with van der Waals surface area (Å²) in [5.74, 6) is -2.44. The van der Waals surface area contributed by atoms with Crippen LogP contribution in [0, 0.1) is 17.5 Å². The number of benzene rings is 1. The highest BCUT2D eigenvalue weighted by Gasteiger charge is 2.11. The summed E-state index contributed by atoms with van der Waals surface area (Å²) in [6.07, 6.45) is 1.43. The molecule has 21 heavy (non-hydrogen) atoms. The molecule has 0 unspecified atom stereocenters. The van der Waals surface area contributed by atoms with Gasteiger partial charge in [0.05, 0.1) is 12.8 Å². The molecule has 1 heterocycles. The van der Waals surface area contributed by atoms with Crippen LogP contribution in [0.5, 0.6) is 5.75 Å². The van der Waals surface area contributed by atoms with E-state index in [1.54, 1.807) is 7.05 Å². The number of anilines is 1. The molecule has 0 aliphatic carbocycles. The molecule has 0 radical (unpaired) electrons. The van der Waals surface area contributed by atoms with Crippen LogP contribution in [0.1, 0.15) is 5.56 Å². The number of ether oxygens (including phenoxy) is 1. The molecule has 0 fully saturated rings. The summed E-state index contributed by atoms with van der Waals surface area (Å²) in [6, 6.07) is 1.32. The van der Waals surface area contributed by atoms with Gasteiger partial charge < -0.3 is 10.1 Å². The Balaban J connectivity index is 2.03. The topological polar surface area (TPSA) is 47.0 Å². The monoisotopic (exact) mass is 317 g/mol. The van der Waals surface area contributed by atoms with Gasteiger partial charge in [-0.1, -0.05) is 0 Å². The largest absolute Gasteiger partial charge is 0.488 e. The summed E-state index contributed by atoms with van der Waals surface area (Å²) in [7, 11) is 1.63. The number of halogens is 4. The van der Waals surface area contributed by atoms with Gasteiger partial charge >= 0.3 is 0 Å². The first-order valence-corrected chi connectivity index (χ1v) is 6.35. The van der Waals surface area contributed by atoms with E-state index in [4.69, 9.17) is 16.3 Å². The summed E-state index contributed by atoms with van der Waals surface area (Å²) in [5.41, 5.74) is 0.0230. The van der Waals surface area contributed by atoms with Crippen molar-refractivity contribution < 1.29 is 17.9 Å². The van der Waals surface area contributed by atoms with Gasteiger partial charge in [-0.05, 0) is 23.2 Å². The van der Waals surface area contributed by atoms with Crippen molar-refractivity contribution in [3.8, 4) is 5.75 Å². The van der Waals surface area contributed by atoms with Crippen molar-refractivity contribution in [2.24, 2.45) is 0 Å². The Kier molecular flexibility index (Phi) is 4.85. The third-order valence-corrected chi connectivity index (χ3v) is 2.86. The molecule has 0 saturated heterocycles. The highest BCUT2D eigenvalue weighted by molar-refractivity contribution is 6.28. The van der Waals surface area contributed by atoms with Crippen molar-refractivity contribution in [3.05, 3.63) is 46.6 Å². The number of nitrogens with zero attached hydrogens (tertiary/aromatic N) is 2. The molecular weight excluding hydrogens is 307 g/mol. The quantitative estimate of drug-likeness (QED) is 0.679. The highest BCUT2D eigenvalue weighted by atomic mass is 35.5. The molecule has 0 amide bonds. The van der Waals surface area contributed by atoms with Crippen molar-refractivity contribution >= 4 is 17.4 Å². The van der Waals surface area contributed by atoms with Crippen molar-refractivity contribution in [1.29, 1.82) is 0 Å². The molecule has 0 aliphatic rings. The zero-order chi connectivity index (χ0) is 15.4. The fourth-order valence-electron chi connectivity index (χ4n) is 1.66. The van der Waals surface area contributed by atoms with E-state index in [-0.39, 0.29) is 23.9 Å². The molecule has 0 atom stereocenters. The van der Waals surface area contributed by atoms with Crippen LogP contribution in [0.2, 0.25) is 5.28 Å². The molecule has 1 aromatic heterocycles. The van der Waals surface area contributed by atoms with Gasteiger partial charge in [-0.3, -0.25) is 0 Å². The van der Waals surface area contributed by atoms with E-state index < -0.39 is 17.5 Å². The fourth-order valence-corrected chi connectivity index (χ4v) is 1.79. The molecule has 0 aliphatic heterocycles. The van der Waals surface area contributed by atoms with Gasteiger partial charge in [0.25, 0.3) is 0 Å². The van der Waals surface area contributed by atoms with E-state index in [0.29, 0.717) is 17.6 Å². The zero-order valence-electron chi connectivity index (χ0n) is 11.0. The predicted molar refractivity (Wildman–Crippen MR) is 72.1 cm³/mol. The first-order valence-electron chi connectivity index (χ1n) is 5.97. The first-order chi connectivity index (χ1) is 10.0. The number of aromatic nitrogens is 2. The molecular formula is C13H11ClF3N3O. The Morgan fingerprint density at radius 1 is 1.19 bits per heavy atom. The molecule has 1 N–H and O–H groups in total. The zero-order valence-corrected chi connectivity index (χ0v) is 11.7. The van der Waals surface area contributed by atoms with Crippen LogP contribution in [-0.2, 0) is 6.42 Å². The Morgan fingerprint density at radius 2 is 1.90 bits per heavy atom. The third-order valence-electron chi connectivity index (χ3n) is 2.68. The van der Waals surface area contributed by atoms with Crippen LogP contribution in [0.3, 0.4) is 0 Å². The smallest absolute Gasteiger partial charge is 0.224 e. The molecule has 1 aromatic carbocycles. The van der Waals surface area contributed by atoms with Crippen LogP contribution in [0.15, 0.2) is 18.3 Å². The Morgan fingerprint density at radius 3 is 2.62 bits per heavy atom. The summed E-state index contributed by atoms with van der Waals surface area (Å²) < 4.78 is 44.7. The molecule has 2 rings (SSSR count). The van der Waals surface area contributed by atoms with Crippen LogP contribution >= 0.6 is 11.6 Å². The average Bonchev–Trinajstić information content (AvgIpc) is 2.45. The van der Waals surface area contributed by atoms with E-state index in [9.17, 15) is 13.2 Å². The van der Waals surface area contributed by atoms with Gasteiger partial charge in [0.15, 0.2) is 23.2 Å². The van der Waals surface area contributed by atoms with E-state index in [2.05, 4.69) is 15.3 Å². The van der Waals surface area contributed by atoms with Gasteiger partial charge in [0.2, 0.25) is 5.28 Å². The second-order valence-electron chi connectivity index (χ2n) is 4.06. The van der Waals surface area contributed by atoms with Gasteiger partial charge in [0, 0.05) is 19.5 Å². The highest BCUT2D eigenvalue weighted by Crippen LogP contribution is 2.22. The SMILES string of the molecule is CNc1nc(Cl)ncc1OCCc1cc(F)c(F)cc1F. The van der Waals surface area contributed by atoms with Crippen LogP contribution in [0.4, 0.5) is 19.0 Å². The van der Waals surface area contributed by atoms with E-state index in [0.717, 1.165) is 6.07 Å². The molecule has 112 valence electrons. The summed E-state index contributed by atoms with van der Waals surface area (Å²) >= 11 is 5.63.